The molecule has 0 saturated heterocycles. The van der Waals surface area contributed by atoms with Crippen LogP contribution in [0.2, 0.25) is 0 Å². The zero-order valence-corrected chi connectivity index (χ0v) is 7.68. The topological polar surface area (TPSA) is 17.1 Å². The van der Waals surface area contributed by atoms with Gasteiger partial charge in [0, 0.05) is 11.1 Å². The van der Waals surface area contributed by atoms with E-state index in [1.807, 2.05) is 60.7 Å². The molecular formula is C13H14OSi. The molecule has 0 N–H and O–H groups in total. The molecule has 0 amide bonds. The van der Waals surface area contributed by atoms with Crippen LogP contribution in [0.25, 0.3) is 0 Å². The zero-order chi connectivity index (χ0) is 9.80. The van der Waals surface area contributed by atoms with E-state index >= 15 is 0 Å². The molecule has 76 valence electrons. The van der Waals surface area contributed by atoms with Gasteiger partial charge in [-0.2, -0.15) is 0 Å². The first-order valence-corrected chi connectivity index (χ1v) is 4.53. The van der Waals surface area contributed by atoms with Crippen LogP contribution in [0.3, 0.4) is 0 Å². The highest BCUT2D eigenvalue weighted by molar-refractivity contribution is 6.08. The van der Waals surface area contributed by atoms with Crippen molar-refractivity contribution in [2.24, 2.45) is 0 Å². The fraction of sp³-hybridized carbons (Fsp3) is 0. The summed E-state index contributed by atoms with van der Waals surface area (Å²) < 4.78 is 0. The highest BCUT2D eigenvalue weighted by atomic mass is 28.1. The maximum Gasteiger partial charge on any atom is 0.193 e. The Balaban J connectivity index is 0.00000112. The minimum absolute atomic E-state index is 0. The van der Waals surface area contributed by atoms with E-state index in [9.17, 15) is 4.79 Å². The molecule has 0 heterocycles. The summed E-state index contributed by atoms with van der Waals surface area (Å²) in [5, 5.41) is 0. The normalized spacial score (nSPS) is 9.07. The number of hydrogen-bond acceptors (Lipinski definition) is 1. The van der Waals surface area contributed by atoms with E-state index in [-0.39, 0.29) is 16.7 Å². The van der Waals surface area contributed by atoms with Crippen LogP contribution in [0.1, 0.15) is 15.9 Å². The van der Waals surface area contributed by atoms with E-state index in [4.69, 9.17) is 0 Å². The molecule has 0 unspecified atom stereocenters. The average Bonchev–Trinajstić information content (AvgIpc) is 2.30. The molecule has 0 aliphatic carbocycles. The van der Waals surface area contributed by atoms with Crippen LogP contribution in [0.4, 0.5) is 0 Å². The summed E-state index contributed by atoms with van der Waals surface area (Å²) in [6.45, 7) is 0. The fourth-order valence-electron chi connectivity index (χ4n) is 1.35. The van der Waals surface area contributed by atoms with Gasteiger partial charge in [0.15, 0.2) is 5.78 Å². The van der Waals surface area contributed by atoms with Gasteiger partial charge in [0.05, 0.1) is 0 Å². The Labute approximate surface area is 93.8 Å². The predicted molar refractivity (Wildman–Crippen MR) is 67.7 cm³/mol. The molecule has 0 aliphatic heterocycles. The highest BCUT2D eigenvalue weighted by Gasteiger charge is 2.06. The second-order valence-electron chi connectivity index (χ2n) is 3.06. The van der Waals surface area contributed by atoms with Crippen molar-refractivity contribution in [1.29, 1.82) is 0 Å². The molecular weight excluding hydrogens is 200 g/mol. The van der Waals surface area contributed by atoms with Gasteiger partial charge in [-0.05, 0) is 11.0 Å². The molecule has 0 radical (unpaired) electrons. The third-order valence-electron chi connectivity index (χ3n) is 2.07. The molecule has 2 aromatic rings. The van der Waals surface area contributed by atoms with Crippen LogP contribution in [0, 0.1) is 0 Å². The molecule has 15 heavy (non-hydrogen) atoms. The molecule has 1 nitrogen and oxygen atoms in total. The third kappa shape index (κ3) is 2.64. The van der Waals surface area contributed by atoms with Gasteiger partial charge >= 0.3 is 0 Å². The van der Waals surface area contributed by atoms with Gasteiger partial charge < -0.3 is 0 Å². The van der Waals surface area contributed by atoms with Crippen molar-refractivity contribution in [2.75, 3.05) is 0 Å². The van der Waals surface area contributed by atoms with E-state index in [0.29, 0.717) is 0 Å². The Hall–Kier alpha value is -1.67. The highest BCUT2D eigenvalue weighted by Crippen LogP contribution is 2.08. The van der Waals surface area contributed by atoms with Gasteiger partial charge in [-0.15, -0.1) is 0 Å². The SMILES string of the molecule is O=C(c1ccccc1)c1ccccc1.[SiH4]. The molecule has 2 aromatic carbocycles. The van der Waals surface area contributed by atoms with Gasteiger partial charge in [-0.25, -0.2) is 0 Å². The Bertz CT molecular complexity index is 381. The van der Waals surface area contributed by atoms with Crippen LogP contribution in [0.15, 0.2) is 60.7 Å². The lowest BCUT2D eigenvalue weighted by Crippen LogP contribution is -1.99. The Kier molecular flexibility index (Phi) is 4.00. The summed E-state index contributed by atoms with van der Waals surface area (Å²) in [6, 6.07) is 18.6. The molecule has 0 bridgehead atoms. The van der Waals surface area contributed by atoms with Crippen molar-refractivity contribution < 1.29 is 4.79 Å². The van der Waals surface area contributed by atoms with E-state index in [1.54, 1.807) is 0 Å². The van der Waals surface area contributed by atoms with Crippen molar-refractivity contribution in [2.45, 2.75) is 0 Å². The van der Waals surface area contributed by atoms with Gasteiger partial charge in [0.2, 0.25) is 0 Å². The maximum atomic E-state index is 11.8. The van der Waals surface area contributed by atoms with Crippen molar-refractivity contribution in [3.63, 3.8) is 0 Å². The smallest absolute Gasteiger partial charge is 0.193 e. The number of carbonyl (C=O) groups is 1. The van der Waals surface area contributed by atoms with Crippen molar-refractivity contribution in [3.05, 3.63) is 71.8 Å². The summed E-state index contributed by atoms with van der Waals surface area (Å²) >= 11 is 0. The molecule has 0 saturated carbocycles. The number of ketones is 1. The second kappa shape index (κ2) is 5.27. The lowest BCUT2D eigenvalue weighted by Gasteiger charge is -1.99. The molecule has 0 atom stereocenters. The van der Waals surface area contributed by atoms with Crippen LogP contribution >= 0.6 is 0 Å². The zero-order valence-electron chi connectivity index (χ0n) is 7.68. The number of rotatable bonds is 2. The lowest BCUT2D eigenvalue weighted by atomic mass is 10.0. The molecule has 2 heteroatoms. The minimum Gasteiger partial charge on any atom is -0.289 e. The molecule has 0 aliphatic rings. The first-order chi connectivity index (χ1) is 6.88. The molecule has 0 fully saturated rings. The first kappa shape index (κ1) is 11.4. The average molecular weight is 214 g/mol. The Morgan fingerprint density at radius 2 is 1.00 bits per heavy atom. The van der Waals surface area contributed by atoms with Crippen LogP contribution in [-0.4, -0.2) is 16.7 Å². The van der Waals surface area contributed by atoms with Crippen molar-refractivity contribution in [3.8, 4) is 0 Å². The Morgan fingerprint density at radius 3 is 1.33 bits per heavy atom. The van der Waals surface area contributed by atoms with Crippen molar-refractivity contribution >= 4 is 16.7 Å². The summed E-state index contributed by atoms with van der Waals surface area (Å²) in [5.41, 5.74) is 1.47. The quantitative estimate of drug-likeness (QED) is 0.546. The third-order valence-corrected chi connectivity index (χ3v) is 2.07. The summed E-state index contributed by atoms with van der Waals surface area (Å²) in [6.07, 6.45) is 0. The van der Waals surface area contributed by atoms with Gasteiger partial charge in [-0.3, -0.25) is 4.79 Å². The second-order valence-corrected chi connectivity index (χ2v) is 3.06. The van der Waals surface area contributed by atoms with Gasteiger partial charge in [0.25, 0.3) is 0 Å². The van der Waals surface area contributed by atoms with E-state index in [1.165, 1.54) is 0 Å². The van der Waals surface area contributed by atoms with Crippen LogP contribution < -0.4 is 0 Å². The minimum atomic E-state index is 0. The van der Waals surface area contributed by atoms with Gasteiger partial charge in [0.1, 0.15) is 0 Å². The van der Waals surface area contributed by atoms with E-state index in [0.717, 1.165) is 11.1 Å². The first-order valence-electron chi connectivity index (χ1n) is 4.53. The summed E-state index contributed by atoms with van der Waals surface area (Å²) in [7, 11) is 0. The Morgan fingerprint density at radius 1 is 0.667 bits per heavy atom. The number of hydrogen-bond donors (Lipinski definition) is 0. The van der Waals surface area contributed by atoms with E-state index in [2.05, 4.69) is 0 Å². The lowest BCUT2D eigenvalue weighted by molar-refractivity contribution is 0.103. The van der Waals surface area contributed by atoms with Crippen LogP contribution in [-0.2, 0) is 0 Å². The standard InChI is InChI=1S/C13H10O.H4Si/c14-13(11-7-3-1-4-8-11)12-9-5-2-6-10-12;/h1-10H;1H4. The van der Waals surface area contributed by atoms with Crippen molar-refractivity contribution in [1.82, 2.24) is 0 Å². The van der Waals surface area contributed by atoms with Gasteiger partial charge in [-0.1, -0.05) is 60.7 Å². The maximum absolute atomic E-state index is 11.8. The molecule has 0 spiro atoms. The predicted octanol–water partition coefficient (Wildman–Crippen LogP) is 1.47. The largest absolute Gasteiger partial charge is 0.289 e. The van der Waals surface area contributed by atoms with E-state index < -0.39 is 0 Å². The number of carbonyl (C=O) groups excluding carboxylic acids is 1. The molecule has 2 rings (SSSR count). The number of benzene rings is 2. The fourth-order valence-corrected chi connectivity index (χ4v) is 1.35. The summed E-state index contributed by atoms with van der Waals surface area (Å²) in [5.74, 6) is 0.0752. The van der Waals surface area contributed by atoms with Crippen LogP contribution in [0.5, 0.6) is 0 Å². The summed E-state index contributed by atoms with van der Waals surface area (Å²) in [4.78, 5) is 11.8. The molecule has 0 aromatic heterocycles. The monoisotopic (exact) mass is 214 g/mol.